The fourth-order valence-electron chi connectivity index (χ4n) is 3.39. The predicted molar refractivity (Wildman–Crippen MR) is 114 cm³/mol. The maximum Gasteiger partial charge on any atom is 0.267 e. The van der Waals surface area contributed by atoms with Gasteiger partial charge in [0.15, 0.2) is 0 Å². The highest BCUT2D eigenvalue weighted by molar-refractivity contribution is 6.30. The third kappa shape index (κ3) is 3.79. The molecule has 2 aromatic carbocycles. The molecule has 0 spiro atoms. The zero-order valence-corrected chi connectivity index (χ0v) is 16.7. The molecule has 0 atom stereocenters. The van der Waals surface area contributed by atoms with Crippen LogP contribution in [-0.4, -0.2) is 16.0 Å². The molecule has 0 aliphatic carbocycles. The molecular formula is C22H19ClN4O2. The molecule has 0 aliphatic rings. The van der Waals surface area contributed by atoms with Gasteiger partial charge in [-0.05, 0) is 55.3 Å². The van der Waals surface area contributed by atoms with E-state index in [2.05, 4.69) is 15.5 Å². The Morgan fingerprint density at radius 2 is 2.00 bits per heavy atom. The molecule has 146 valence electrons. The van der Waals surface area contributed by atoms with Gasteiger partial charge in [0, 0.05) is 28.2 Å². The number of anilines is 1. The summed E-state index contributed by atoms with van der Waals surface area (Å²) in [6.07, 6.45) is 0. The number of hydrogen-bond donors (Lipinski definition) is 2. The van der Waals surface area contributed by atoms with Gasteiger partial charge in [-0.3, -0.25) is 4.79 Å². The molecule has 7 heteroatoms. The van der Waals surface area contributed by atoms with Crippen molar-refractivity contribution >= 4 is 34.1 Å². The molecule has 1 amide bonds. The number of carbonyl (C=O) groups excluding carboxylic acids is 1. The van der Waals surface area contributed by atoms with Crippen LogP contribution in [0, 0.1) is 13.8 Å². The van der Waals surface area contributed by atoms with Crippen LogP contribution in [0.5, 0.6) is 0 Å². The second kappa shape index (κ2) is 7.56. The molecule has 6 nitrogen and oxygen atoms in total. The molecule has 4 aromatic rings. The number of halogens is 1. The number of benzene rings is 2. The quantitative estimate of drug-likeness (QED) is 0.493. The molecule has 0 unspecified atom stereocenters. The number of fused-ring (bicyclic) bond motifs is 1. The maximum absolute atomic E-state index is 11.8. The lowest BCUT2D eigenvalue weighted by Gasteiger charge is -2.13. The van der Waals surface area contributed by atoms with Crippen LogP contribution in [0.25, 0.3) is 22.0 Å². The summed E-state index contributed by atoms with van der Waals surface area (Å²) in [5.41, 5.74) is 10.9. The number of pyridine rings is 1. The number of nitrogens with one attached hydrogen (secondary N) is 1. The predicted octanol–water partition coefficient (Wildman–Crippen LogP) is 4.87. The van der Waals surface area contributed by atoms with E-state index >= 15 is 0 Å². The molecule has 2 heterocycles. The number of primary amides is 1. The van der Waals surface area contributed by atoms with Gasteiger partial charge in [0.05, 0.1) is 11.2 Å². The molecule has 2 aromatic heterocycles. The van der Waals surface area contributed by atoms with Gasteiger partial charge in [-0.15, -0.1) is 0 Å². The van der Waals surface area contributed by atoms with E-state index < -0.39 is 5.91 Å². The SMILES string of the molecule is Cc1noc(C)c1-c1ccc2nc(C(N)=O)cc(NCc3cccc(Cl)c3)c2c1. The van der Waals surface area contributed by atoms with E-state index in [0.717, 1.165) is 39.2 Å². The van der Waals surface area contributed by atoms with Crippen LogP contribution in [0.1, 0.15) is 27.5 Å². The van der Waals surface area contributed by atoms with Gasteiger partial charge < -0.3 is 15.6 Å². The average Bonchev–Trinajstić information content (AvgIpc) is 3.03. The zero-order chi connectivity index (χ0) is 20.5. The first-order valence-corrected chi connectivity index (χ1v) is 9.46. The first kappa shape index (κ1) is 19.0. The van der Waals surface area contributed by atoms with E-state index in [1.807, 2.05) is 56.3 Å². The topological polar surface area (TPSA) is 94.0 Å². The molecule has 3 N–H and O–H groups in total. The Labute approximate surface area is 172 Å². The Hall–Kier alpha value is -3.38. The monoisotopic (exact) mass is 406 g/mol. The van der Waals surface area contributed by atoms with Crippen molar-refractivity contribution in [3.05, 3.63) is 76.3 Å². The highest BCUT2D eigenvalue weighted by Crippen LogP contribution is 2.32. The van der Waals surface area contributed by atoms with Gasteiger partial charge in [-0.1, -0.05) is 35.0 Å². The summed E-state index contributed by atoms with van der Waals surface area (Å²) in [5.74, 6) is 0.171. The molecule has 0 saturated carbocycles. The van der Waals surface area contributed by atoms with E-state index in [1.165, 1.54) is 0 Å². The van der Waals surface area contributed by atoms with Crippen LogP contribution >= 0.6 is 11.6 Å². The summed E-state index contributed by atoms with van der Waals surface area (Å²) in [5, 5.41) is 8.96. The first-order valence-electron chi connectivity index (χ1n) is 9.08. The van der Waals surface area contributed by atoms with Crippen molar-refractivity contribution < 1.29 is 9.32 Å². The third-order valence-corrected chi connectivity index (χ3v) is 4.99. The summed E-state index contributed by atoms with van der Waals surface area (Å²) in [7, 11) is 0. The fourth-order valence-corrected chi connectivity index (χ4v) is 3.61. The van der Waals surface area contributed by atoms with Crippen LogP contribution in [-0.2, 0) is 6.54 Å². The second-order valence-electron chi connectivity index (χ2n) is 6.83. The van der Waals surface area contributed by atoms with Gasteiger partial charge >= 0.3 is 0 Å². The molecule has 0 radical (unpaired) electrons. The lowest BCUT2D eigenvalue weighted by molar-refractivity contribution is 0.0996. The largest absolute Gasteiger partial charge is 0.380 e. The number of aromatic nitrogens is 2. The maximum atomic E-state index is 11.8. The molecule has 0 saturated heterocycles. The van der Waals surface area contributed by atoms with Gasteiger partial charge in [-0.2, -0.15) is 0 Å². The Kier molecular flexibility index (Phi) is 4.94. The van der Waals surface area contributed by atoms with Crippen molar-refractivity contribution in [2.75, 3.05) is 5.32 Å². The third-order valence-electron chi connectivity index (χ3n) is 4.76. The summed E-state index contributed by atoms with van der Waals surface area (Å²) in [6, 6.07) is 15.1. The molecule has 0 bridgehead atoms. The van der Waals surface area contributed by atoms with Crippen LogP contribution in [0.3, 0.4) is 0 Å². The first-order chi connectivity index (χ1) is 13.9. The van der Waals surface area contributed by atoms with Gasteiger partial charge in [0.2, 0.25) is 0 Å². The Balaban J connectivity index is 1.81. The van der Waals surface area contributed by atoms with Crippen LogP contribution in [0.15, 0.2) is 53.1 Å². The molecule has 0 fully saturated rings. The van der Waals surface area contributed by atoms with Crippen molar-refractivity contribution in [2.45, 2.75) is 20.4 Å². The zero-order valence-electron chi connectivity index (χ0n) is 16.0. The van der Waals surface area contributed by atoms with Crippen molar-refractivity contribution in [1.29, 1.82) is 0 Å². The highest BCUT2D eigenvalue weighted by Gasteiger charge is 2.15. The lowest BCUT2D eigenvalue weighted by atomic mass is 10.0. The van der Waals surface area contributed by atoms with E-state index in [9.17, 15) is 4.79 Å². The van der Waals surface area contributed by atoms with E-state index in [-0.39, 0.29) is 5.69 Å². The summed E-state index contributed by atoms with van der Waals surface area (Å²) >= 11 is 6.08. The van der Waals surface area contributed by atoms with E-state index in [0.29, 0.717) is 17.1 Å². The van der Waals surface area contributed by atoms with Crippen LogP contribution < -0.4 is 11.1 Å². The number of aryl methyl sites for hydroxylation is 2. The van der Waals surface area contributed by atoms with Gasteiger partial charge in [0.1, 0.15) is 11.5 Å². The highest BCUT2D eigenvalue weighted by atomic mass is 35.5. The molecular weight excluding hydrogens is 388 g/mol. The standard InChI is InChI=1S/C22H19ClN4O2/c1-12-21(13(2)29-27-12)15-6-7-18-17(9-15)19(10-20(26-18)22(24)28)25-11-14-4-3-5-16(23)8-14/h3-10H,11H2,1-2H3,(H2,24,28)(H,25,26). The minimum Gasteiger partial charge on any atom is -0.380 e. The Bertz CT molecular complexity index is 1210. The van der Waals surface area contributed by atoms with E-state index in [4.69, 9.17) is 21.9 Å². The van der Waals surface area contributed by atoms with E-state index in [1.54, 1.807) is 6.07 Å². The number of amides is 1. The van der Waals surface area contributed by atoms with Gasteiger partial charge in [0.25, 0.3) is 5.91 Å². The summed E-state index contributed by atoms with van der Waals surface area (Å²) in [6.45, 7) is 4.32. The average molecular weight is 407 g/mol. The number of rotatable bonds is 5. The second-order valence-corrected chi connectivity index (χ2v) is 7.27. The number of nitrogens with zero attached hydrogens (tertiary/aromatic N) is 2. The van der Waals surface area contributed by atoms with Crippen LogP contribution in [0.2, 0.25) is 5.02 Å². The number of nitrogens with two attached hydrogens (primary N) is 1. The minimum absolute atomic E-state index is 0.205. The Morgan fingerprint density at radius 3 is 2.69 bits per heavy atom. The van der Waals surface area contributed by atoms with Crippen LogP contribution in [0.4, 0.5) is 5.69 Å². The summed E-state index contributed by atoms with van der Waals surface area (Å²) in [4.78, 5) is 16.1. The normalized spacial score (nSPS) is 11.0. The minimum atomic E-state index is -0.576. The number of carbonyl (C=O) groups is 1. The fraction of sp³-hybridized carbons (Fsp3) is 0.136. The van der Waals surface area contributed by atoms with Crippen molar-refractivity contribution in [2.24, 2.45) is 5.73 Å². The number of hydrogen-bond acceptors (Lipinski definition) is 5. The molecule has 4 rings (SSSR count). The molecule has 29 heavy (non-hydrogen) atoms. The van der Waals surface area contributed by atoms with Crippen molar-refractivity contribution in [3.63, 3.8) is 0 Å². The lowest BCUT2D eigenvalue weighted by Crippen LogP contribution is -2.14. The molecule has 0 aliphatic heterocycles. The Morgan fingerprint density at radius 1 is 1.17 bits per heavy atom. The smallest absolute Gasteiger partial charge is 0.267 e. The van der Waals surface area contributed by atoms with Gasteiger partial charge in [-0.25, -0.2) is 4.98 Å². The van der Waals surface area contributed by atoms with Crippen molar-refractivity contribution in [3.8, 4) is 11.1 Å². The van der Waals surface area contributed by atoms with Crippen molar-refractivity contribution in [1.82, 2.24) is 10.1 Å². The summed E-state index contributed by atoms with van der Waals surface area (Å²) < 4.78 is 5.30.